The molecule has 0 saturated carbocycles. The highest BCUT2D eigenvalue weighted by atomic mass is 16.5. The molecule has 0 radical (unpaired) electrons. The van der Waals surface area contributed by atoms with Crippen LogP contribution in [0.2, 0.25) is 0 Å². The highest BCUT2D eigenvalue weighted by Gasteiger charge is 2.13. The van der Waals surface area contributed by atoms with Crippen molar-refractivity contribution in [3.63, 3.8) is 0 Å². The number of aliphatic hydroxyl groups excluding tert-OH is 1. The number of aliphatic hydroxyl groups is 1. The van der Waals surface area contributed by atoms with Crippen molar-refractivity contribution >= 4 is 11.8 Å². The Balaban J connectivity index is 2.80. The summed E-state index contributed by atoms with van der Waals surface area (Å²) in [6.07, 6.45) is 5.58. The Morgan fingerprint density at radius 2 is 2.21 bits per heavy atom. The summed E-state index contributed by atoms with van der Waals surface area (Å²) in [7, 11) is 3.36. The van der Waals surface area contributed by atoms with E-state index in [1.165, 1.54) is 0 Å². The molecule has 19 heavy (non-hydrogen) atoms. The van der Waals surface area contributed by atoms with E-state index in [1.807, 2.05) is 0 Å². The SMILES string of the molecule is CCCC[C@H](CCO)Nc1nc(NC)ncc1OC. The molecule has 0 aromatic carbocycles. The van der Waals surface area contributed by atoms with E-state index in [1.54, 1.807) is 20.4 Å². The van der Waals surface area contributed by atoms with Crippen LogP contribution >= 0.6 is 0 Å². The van der Waals surface area contributed by atoms with Crippen LogP contribution in [0.1, 0.15) is 32.6 Å². The maximum atomic E-state index is 9.12. The lowest BCUT2D eigenvalue weighted by Crippen LogP contribution is -2.22. The molecule has 1 heterocycles. The van der Waals surface area contributed by atoms with Crippen LogP contribution in [-0.4, -0.2) is 41.9 Å². The second-order valence-electron chi connectivity index (χ2n) is 4.36. The summed E-state index contributed by atoms with van der Waals surface area (Å²) in [6, 6.07) is 0.193. The van der Waals surface area contributed by atoms with Crippen LogP contribution in [-0.2, 0) is 0 Å². The molecule has 0 spiro atoms. The minimum absolute atomic E-state index is 0.160. The summed E-state index contributed by atoms with van der Waals surface area (Å²) in [4.78, 5) is 8.46. The molecule has 0 aliphatic heterocycles. The molecule has 0 bridgehead atoms. The van der Waals surface area contributed by atoms with Gasteiger partial charge in [0, 0.05) is 19.7 Å². The van der Waals surface area contributed by atoms with Crippen LogP contribution in [0.4, 0.5) is 11.8 Å². The number of aromatic nitrogens is 2. The lowest BCUT2D eigenvalue weighted by Gasteiger charge is -2.19. The van der Waals surface area contributed by atoms with E-state index in [9.17, 15) is 0 Å². The average Bonchev–Trinajstić information content (AvgIpc) is 2.44. The molecule has 0 saturated heterocycles. The number of nitrogens with one attached hydrogen (secondary N) is 2. The Morgan fingerprint density at radius 3 is 2.79 bits per heavy atom. The van der Waals surface area contributed by atoms with Gasteiger partial charge in [0.25, 0.3) is 0 Å². The quantitative estimate of drug-likeness (QED) is 0.634. The molecule has 6 nitrogen and oxygen atoms in total. The van der Waals surface area contributed by atoms with Gasteiger partial charge in [-0.25, -0.2) is 4.98 Å². The fourth-order valence-corrected chi connectivity index (χ4v) is 1.83. The van der Waals surface area contributed by atoms with Gasteiger partial charge in [0.15, 0.2) is 11.6 Å². The number of hydrogen-bond acceptors (Lipinski definition) is 6. The van der Waals surface area contributed by atoms with Gasteiger partial charge < -0.3 is 20.5 Å². The molecule has 0 amide bonds. The highest BCUT2D eigenvalue weighted by molar-refractivity contribution is 5.52. The lowest BCUT2D eigenvalue weighted by atomic mass is 10.1. The lowest BCUT2D eigenvalue weighted by molar-refractivity contribution is 0.276. The number of methoxy groups -OCH3 is 1. The average molecular weight is 268 g/mol. The van der Waals surface area contributed by atoms with Crippen LogP contribution in [0.25, 0.3) is 0 Å². The Hall–Kier alpha value is -1.56. The molecular weight excluding hydrogens is 244 g/mol. The first-order valence-electron chi connectivity index (χ1n) is 6.71. The van der Waals surface area contributed by atoms with E-state index >= 15 is 0 Å². The van der Waals surface area contributed by atoms with Crippen LogP contribution in [0.15, 0.2) is 6.20 Å². The predicted molar refractivity (Wildman–Crippen MR) is 76.8 cm³/mol. The first kappa shape index (κ1) is 15.5. The third-order valence-electron chi connectivity index (χ3n) is 2.92. The maximum Gasteiger partial charge on any atom is 0.224 e. The standard InChI is InChI=1S/C13H24N4O2/c1-4-5-6-10(7-8-18)16-12-11(19-3)9-15-13(14-2)17-12/h9-10,18H,4-8H2,1-3H3,(H2,14,15,16,17)/t10-/m1/s1. The van der Waals surface area contributed by atoms with Gasteiger partial charge in [-0.3, -0.25) is 0 Å². The van der Waals surface area contributed by atoms with E-state index < -0.39 is 0 Å². The Labute approximate surface area is 114 Å². The number of rotatable bonds is 9. The van der Waals surface area contributed by atoms with E-state index in [2.05, 4.69) is 27.5 Å². The van der Waals surface area contributed by atoms with Crippen molar-refractivity contribution in [3.8, 4) is 5.75 Å². The summed E-state index contributed by atoms with van der Waals surface area (Å²) in [5.74, 6) is 1.82. The second-order valence-corrected chi connectivity index (χ2v) is 4.36. The zero-order valence-electron chi connectivity index (χ0n) is 11.9. The molecule has 0 aliphatic carbocycles. The summed E-state index contributed by atoms with van der Waals surface area (Å²) in [5.41, 5.74) is 0. The van der Waals surface area contributed by atoms with Crippen molar-refractivity contribution in [2.75, 3.05) is 31.4 Å². The number of anilines is 2. The zero-order chi connectivity index (χ0) is 14.1. The number of hydrogen-bond donors (Lipinski definition) is 3. The van der Waals surface area contributed by atoms with Crippen LogP contribution in [0.5, 0.6) is 5.75 Å². The Morgan fingerprint density at radius 1 is 1.42 bits per heavy atom. The molecule has 0 aliphatic rings. The minimum Gasteiger partial charge on any atom is -0.491 e. The molecule has 1 aromatic rings. The van der Waals surface area contributed by atoms with Crippen molar-refractivity contribution in [3.05, 3.63) is 6.20 Å². The van der Waals surface area contributed by atoms with Crippen LogP contribution < -0.4 is 15.4 Å². The molecule has 0 fully saturated rings. The smallest absolute Gasteiger partial charge is 0.224 e. The minimum atomic E-state index is 0.160. The monoisotopic (exact) mass is 268 g/mol. The molecule has 108 valence electrons. The fraction of sp³-hybridized carbons (Fsp3) is 0.692. The van der Waals surface area contributed by atoms with E-state index in [4.69, 9.17) is 9.84 Å². The highest BCUT2D eigenvalue weighted by Crippen LogP contribution is 2.24. The molecule has 6 heteroatoms. The molecule has 0 unspecified atom stereocenters. The second kappa shape index (κ2) is 8.53. The zero-order valence-corrected chi connectivity index (χ0v) is 11.9. The normalized spacial score (nSPS) is 12.0. The first-order chi connectivity index (χ1) is 9.24. The number of nitrogens with zero attached hydrogens (tertiary/aromatic N) is 2. The summed E-state index contributed by atoms with van der Waals surface area (Å²) < 4.78 is 5.25. The van der Waals surface area contributed by atoms with Gasteiger partial charge in [-0.2, -0.15) is 4.98 Å². The Kier molecular flexibility index (Phi) is 6.95. The number of unbranched alkanes of at least 4 members (excludes halogenated alkanes) is 1. The van der Waals surface area contributed by atoms with E-state index in [0.29, 0.717) is 23.9 Å². The summed E-state index contributed by atoms with van der Waals surface area (Å²) in [5, 5.41) is 15.4. The maximum absolute atomic E-state index is 9.12. The molecule has 1 aromatic heterocycles. The Bertz CT molecular complexity index is 374. The van der Waals surface area contributed by atoms with Crippen molar-refractivity contribution in [2.24, 2.45) is 0 Å². The van der Waals surface area contributed by atoms with Crippen LogP contribution in [0.3, 0.4) is 0 Å². The van der Waals surface area contributed by atoms with Gasteiger partial charge in [-0.15, -0.1) is 0 Å². The van der Waals surface area contributed by atoms with Gasteiger partial charge in [0.05, 0.1) is 13.3 Å². The molecule has 3 N–H and O–H groups in total. The van der Waals surface area contributed by atoms with Crippen molar-refractivity contribution in [1.29, 1.82) is 0 Å². The van der Waals surface area contributed by atoms with Gasteiger partial charge in [0.2, 0.25) is 5.95 Å². The third-order valence-corrected chi connectivity index (χ3v) is 2.92. The third kappa shape index (κ3) is 4.90. The molecule has 1 rings (SSSR count). The summed E-state index contributed by atoms with van der Waals surface area (Å²) >= 11 is 0. The van der Waals surface area contributed by atoms with Crippen molar-refractivity contribution < 1.29 is 9.84 Å². The van der Waals surface area contributed by atoms with Gasteiger partial charge in [-0.1, -0.05) is 19.8 Å². The predicted octanol–water partition coefficient (Wildman–Crippen LogP) is 1.88. The van der Waals surface area contributed by atoms with Gasteiger partial charge in [0.1, 0.15) is 0 Å². The fourth-order valence-electron chi connectivity index (χ4n) is 1.83. The van der Waals surface area contributed by atoms with Crippen molar-refractivity contribution in [1.82, 2.24) is 9.97 Å². The molecular formula is C13H24N4O2. The molecule has 1 atom stereocenters. The van der Waals surface area contributed by atoms with Crippen molar-refractivity contribution in [2.45, 2.75) is 38.6 Å². The first-order valence-corrected chi connectivity index (χ1v) is 6.71. The van der Waals surface area contributed by atoms with Crippen LogP contribution in [0, 0.1) is 0 Å². The number of ether oxygens (including phenoxy) is 1. The van der Waals surface area contributed by atoms with Gasteiger partial charge in [-0.05, 0) is 12.8 Å². The largest absolute Gasteiger partial charge is 0.491 e. The van der Waals surface area contributed by atoms with E-state index in [-0.39, 0.29) is 12.6 Å². The van der Waals surface area contributed by atoms with Gasteiger partial charge >= 0.3 is 0 Å². The van der Waals surface area contributed by atoms with E-state index in [0.717, 1.165) is 19.3 Å². The topological polar surface area (TPSA) is 79.3 Å². The summed E-state index contributed by atoms with van der Waals surface area (Å²) in [6.45, 7) is 2.31.